The van der Waals surface area contributed by atoms with Crippen molar-refractivity contribution in [2.24, 2.45) is 0 Å². The van der Waals surface area contributed by atoms with E-state index in [1.165, 1.54) is 31.4 Å². The highest BCUT2D eigenvalue weighted by Gasteiger charge is 2.23. The van der Waals surface area contributed by atoms with E-state index < -0.39 is 0 Å². The quantitative estimate of drug-likeness (QED) is 0.855. The van der Waals surface area contributed by atoms with E-state index in [9.17, 15) is 0 Å². The van der Waals surface area contributed by atoms with Gasteiger partial charge in [0.25, 0.3) is 0 Å². The fourth-order valence-electron chi connectivity index (χ4n) is 2.70. The van der Waals surface area contributed by atoms with E-state index in [2.05, 4.69) is 52.1 Å². The summed E-state index contributed by atoms with van der Waals surface area (Å²) in [6.07, 6.45) is 6.25. The van der Waals surface area contributed by atoms with Crippen LogP contribution >= 0.6 is 15.9 Å². The van der Waals surface area contributed by atoms with Crippen molar-refractivity contribution in [3.63, 3.8) is 0 Å². The number of hydrogen-bond donors (Lipinski definition) is 1. The summed E-state index contributed by atoms with van der Waals surface area (Å²) in [6, 6.07) is 0. The number of anilines is 1. The second-order valence-electron chi connectivity index (χ2n) is 5.83. The third-order valence-electron chi connectivity index (χ3n) is 3.67. The second kappa shape index (κ2) is 7.36. The van der Waals surface area contributed by atoms with Gasteiger partial charge in [0.1, 0.15) is 11.6 Å². The Balaban J connectivity index is 2.31. The van der Waals surface area contributed by atoms with Gasteiger partial charge in [-0.3, -0.25) is 0 Å². The maximum atomic E-state index is 4.82. The molecule has 0 radical (unpaired) electrons. The summed E-state index contributed by atoms with van der Waals surface area (Å²) < 4.78 is 1.07. The minimum atomic E-state index is 0.593. The topological polar surface area (TPSA) is 41.1 Å². The molecule has 0 spiro atoms. The zero-order chi connectivity index (χ0) is 14.5. The zero-order valence-corrected chi connectivity index (χ0v) is 14.3. The van der Waals surface area contributed by atoms with Crippen molar-refractivity contribution in [3.8, 4) is 0 Å². The molecule has 4 nitrogen and oxygen atoms in total. The van der Waals surface area contributed by atoms with Gasteiger partial charge in [-0.1, -0.05) is 19.8 Å². The van der Waals surface area contributed by atoms with E-state index >= 15 is 0 Å². The Morgan fingerprint density at radius 2 is 1.95 bits per heavy atom. The highest BCUT2D eigenvalue weighted by molar-refractivity contribution is 9.10. The van der Waals surface area contributed by atoms with Crippen molar-refractivity contribution in [2.45, 2.75) is 51.5 Å². The van der Waals surface area contributed by atoms with Crippen LogP contribution in [0.1, 0.15) is 56.5 Å². The summed E-state index contributed by atoms with van der Waals surface area (Å²) in [7, 11) is 4.11. The summed E-state index contributed by atoms with van der Waals surface area (Å²) in [5.41, 5.74) is 1.20. The van der Waals surface area contributed by atoms with Gasteiger partial charge in [-0.15, -0.1) is 0 Å². The molecule has 5 heteroatoms. The summed E-state index contributed by atoms with van der Waals surface area (Å²) in [4.78, 5) is 11.6. The molecule has 20 heavy (non-hydrogen) atoms. The zero-order valence-electron chi connectivity index (χ0n) is 12.7. The van der Waals surface area contributed by atoms with Gasteiger partial charge in [0.2, 0.25) is 0 Å². The van der Waals surface area contributed by atoms with Crippen molar-refractivity contribution in [1.82, 2.24) is 14.9 Å². The third kappa shape index (κ3) is 3.92. The molecular weight excluding hydrogens is 316 g/mol. The summed E-state index contributed by atoms with van der Waals surface area (Å²) in [5, 5.41) is 3.42. The smallest absolute Gasteiger partial charge is 0.145 e. The first kappa shape index (κ1) is 15.7. The Labute approximate surface area is 130 Å². The van der Waals surface area contributed by atoms with Gasteiger partial charge in [-0.2, -0.15) is 0 Å². The van der Waals surface area contributed by atoms with Crippen LogP contribution in [0.25, 0.3) is 0 Å². The van der Waals surface area contributed by atoms with Gasteiger partial charge in [0.15, 0.2) is 0 Å². The van der Waals surface area contributed by atoms with E-state index in [-0.39, 0.29) is 0 Å². The average Bonchev–Trinajstić information content (AvgIpc) is 2.92. The number of aromatic nitrogens is 2. The van der Waals surface area contributed by atoms with Crippen LogP contribution in [0.4, 0.5) is 5.82 Å². The standard InChI is InChI=1S/C15H25BrN4/c1-4-9-17-15-13(16)14(11-7-5-6-8-11)18-12(19-15)10-20(2)3/h11H,4-10H2,1-3H3,(H,17,18,19). The molecule has 1 heterocycles. The third-order valence-corrected chi connectivity index (χ3v) is 4.45. The molecule has 0 aromatic carbocycles. The van der Waals surface area contributed by atoms with Gasteiger partial charge in [-0.25, -0.2) is 9.97 Å². The lowest BCUT2D eigenvalue weighted by Crippen LogP contribution is -2.17. The van der Waals surface area contributed by atoms with Crippen LogP contribution in [0.5, 0.6) is 0 Å². The molecule has 1 aliphatic rings. The molecule has 1 aliphatic carbocycles. The first-order chi connectivity index (χ1) is 9.61. The molecule has 1 aromatic heterocycles. The minimum Gasteiger partial charge on any atom is -0.369 e. The molecule has 1 saturated carbocycles. The van der Waals surface area contributed by atoms with Gasteiger partial charge < -0.3 is 10.2 Å². The Hall–Kier alpha value is -0.680. The van der Waals surface area contributed by atoms with E-state index in [1.807, 2.05) is 0 Å². The highest BCUT2D eigenvalue weighted by Crippen LogP contribution is 2.38. The Morgan fingerprint density at radius 1 is 1.25 bits per heavy atom. The van der Waals surface area contributed by atoms with Crippen LogP contribution in [0.15, 0.2) is 4.47 Å². The van der Waals surface area contributed by atoms with E-state index in [1.54, 1.807) is 0 Å². The van der Waals surface area contributed by atoms with Crippen molar-refractivity contribution in [1.29, 1.82) is 0 Å². The Morgan fingerprint density at radius 3 is 2.55 bits per heavy atom. The molecule has 1 N–H and O–H groups in total. The van der Waals surface area contributed by atoms with Crippen molar-refractivity contribution >= 4 is 21.7 Å². The Bertz CT molecular complexity index is 442. The number of rotatable bonds is 6. The molecule has 0 amide bonds. The van der Waals surface area contributed by atoms with Gasteiger partial charge >= 0.3 is 0 Å². The van der Waals surface area contributed by atoms with Crippen LogP contribution in [-0.2, 0) is 6.54 Å². The molecule has 0 aliphatic heterocycles. The molecule has 2 rings (SSSR count). The summed E-state index contributed by atoms with van der Waals surface area (Å²) in [5.74, 6) is 2.47. The number of halogens is 1. The number of hydrogen-bond acceptors (Lipinski definition) is 4. The van der Waals surface area contributed by atoms with E-state index in [4.69, 9.17) is 4.98 Å². The molecule has 0 saturated heterocycles. The fourth-order valence-corrected chi connectivity index (χ4v) is 3.34. The summed E-state index contributed by atoms with van der Waals surface area (Å²) >= 11 is 3.72. The van der Waals surface area contributed by atoms with E-state index in [0.29, 0.717) is 5.92 Å². The first-order valence-electron chi connectivity index (χ1n) is 7.56. The lowest BCUT2D eigenvalue weighted by Gasteiger charge is -2.17. The minimum absolute atomic E-state index is 0.593. The predicted molar refractivity (Wildman–Crippen MR) is 87.1 cm³/mol. The predicted octanol–water partition coefficient (Wildman–Crippen LogP) is 3.78. The van der Waals surface area contributed by atoms with Gasteiger partial charge in [-0.05, 0) is 49.3 Å². The molecule has 112 valence electrons. The maximum absolute atomic E-state index is 4.82. The average molecular weight is 341 g/mol. The number of nitrogens with one attached hydrogen (secondary N) is 1. The van der Waals surface area contributed by atoms with Gasteiger partial charge in [0, 0.05) is 12.5 Å². The largest absolute Gasteiger partial charge is 0.369 e. The molecule has 0 bridgehead atoms. The van der Waals surface area contributed by atoms with Crippen LogP contribution in [0, 0.1) is 0 Å². The number of nitrogens with zero attached hydrogens (tertiary/aromatic N) is 3. The molecule has 1 aromatic rings. The first-order valence-corrected chi connectivity index (χ1v) is 8.36. The van der Waals surface area contributed by atoms with Crippen LogP contribution in [0.3, 0.4) is 0 Å². The van der Waals surface area contributed by atoms with Crippen LogP contribution in [-0.4, -0.2) is 35.5 Å². The van der Waals surface area contributed by atoms with E-state index in [0.717, 1.165) is 35.6 Å². The second-order valence-corrected chi connectivity index (χ2v) is 6.63. The van der Waals surface area contributed by atoms with Crippen molar-refractivity contribution in [3.05, 3.63) is 16.0 Å². The maximum Gasteiger partial charge on any atom is 0.145 e. The molecule has 0 atom stereocenters. The van der Waals surface area contributed by atoms with Crippen molar-refractivity contribution in [2.75, 3.05) is 26.0 Å². The highest BCUT2D eigenvalue weighted by atomic mass is 79.9. The monoisotopic (exact) mass is 340 g/mol. The molecule has 1 fully saturated rings. The molecular formula is C15H25BrN4. The lowest BCUT2D eigenvalue weighted by atomic mass is 10.0. The Kier molecular flexibility index (Phi) is 5.78. The van der Waals surface area contributed by atoms with Crippen LogP contribution in [0.2, 0.25) is 0 Å². The SMILES string of the molecule is CCCNc1nc(CN(C)C)nc(C2CCCC2)c1Br. The summed E-state index contributed by atoms with van der Waals surface area (Å²) in [6.45, 7) is 3.90. The lowest BCUT2D eigenvalue weighted by molar-refractivity contribution is 0.389. The normalized spacial score (nSPS) is 16.1. The molecule has 0 unspecified atom stereocenters. The van der Waals surface area contributed by atoms with Gasteiger partial charge in [0.05, 0.1) is 16.7 Å². The fraction of sp³-hybridized carbons (Fsp3) is 0.733. The van der Waals surface area contributed by atoms with Crippen LogP contribution < -0.4 is 5.32 Å². The van der Waals surface area contributed by atoms with Crippen molar-refractivity contribution < 1.29 is 0 Å².